The molecule has 0 aromatic carbocycles. The van der Waals surface area contributed by atoms with Gasteiger partial charge in [-0.3, -0.25) is 0 Å². The fraction of sp³-hybridized carbons (Fsp3) is 0.600. The van der Waals surface area contributed by atoms with E-state index in [1.807, 2.05) is 0 Å². The van der Waals surface area contributed by atoms with Gasteiger partial charge in [0, 0.05) is 24.8 Å². The number of pyridine rings is 1. The van der Waals surface area contributed by atoms with E-state index in [4.69, 9.17) is 4.74 Å². The number of carbonyl (C=O) groups is 1. The zero-order chi connectivity index (χ0) is 13.9. The summed E-state index contributed by atoms with van der Waals surface area (Å²) in [5.41, 5.74) is 0.517. The zero-order valence-corrected chi connectivity index (χ0v) is 11.8. The second kappa shape index (κ2) is 5.79. The van der Waals surface area contributed by atoms with Crippen LogP contribution in [0.15, 0.2) is 18.3 Å². The van der Waals surface area contributed by atoms with Crippen LogP contribution in [0.5, 0.6) is 0 Å². The third kappa shape index (κ3) is 2.63. The molecule has 108 valence electrons. The third-order valence-electron chi connectivity index (χ3n) is 4.37. The molecule has 0 radical (unpaired) electrons. The average molecular weight is 275 g/mol. The molecule has 2 unspecified atom stereocenters. The second-order valence-electron chi connectivity index (χ2n) is 5.59. The van der Waals surface area contributed by atoms with Crippen molar-refractivity contribution in [3.8, 4) is 0 Å². The van der Waals surface area contributed by atoms with Crippen molar-refractivity contribution in [1.29, 1.82) is 0 Å². The smallest absolute Gasteiger partial charge is 0.341 e. The monoisotopic (exact) mass is 275 g/mol. The molecule has 0 saturated carbocycles. The molecule has 2 aliphatic heterocycles. The topological polar surface area (TPSA) is 54.5 Å². The van der Waals surface area contributed by atoms with Crippen LogP contribution in [-0.2, 0) is 4.74 Å². The molecule has 0 bridgehead atoms. The summed E-state index contributed by atoms with van der Waals surface area (Å²) in [6.45, 7) is 2.39. The Kier molecular flexibility index (Phi) is 3.87. The van der Waals surface area contributed by atoms with E-state index in [1.165, 1.54) is 26.5 Å². The Labute approximate surface area is 119 Å². The van der Waals surface area contributed by atoms with Crippen LogP contribution in [0, 0.1) is 0 Å². The molecule has 2 atom stereocenters. The van der Waals surface area contributed by atoms with Gasteiger partial charge in [0.15, 0.2) is 0 Å². The molecule has 0 amide bonds. The van der Waals surface area contributed by atoms with Gasteiger partial charge in [-0.15, -0.1) is 0 Å². The van der Waals surface area contributed by atoms with Crippen molar-refractivity contribution in [1.82, 2.24) is 9.88 Å². The van der Waals surface area contributed by atoms with Gasteiger partial charge in [0.25, 0.3) is 0 Å². The fourth-order valence-corrected chi connectivity index (χ4v) is 3.34. The maximum Gasteiger partial charge on any atom is 0.341 e. The molecular weight excluding hydrogens is 254 g/mol. The molecule has 1 N–H and O–H groups in total. The highest BCUT2D eigenvalue weighted by atomic mass is 16.5. The van der Waals surface area contributed by atoms with Gasteiger partial charge in [0.2, 0.25) is 0 Å². The summed E-state index contributed by atoms with van der Waals surface area (Å²) < 4.78 is 4.81. The van der Waals surface area contributed by atoms with E-state index in [2.05, 4.69) is 15.2 Å². The first-order chi connectivity index (χ1) is 9.78. The standard InChI is InChI=1S/C15H21N3O2/c1-20-15(19)13-5-2-7-16-14(13)17-11-6-9-18-8-3-4-12(18)10-11/h2,5,7,11-12H,3-4,6,8-10H2,1H3,(H,16,17). The van der Waals surface area contributed by atoms with Crippen molar-refractivity contribution < 1.29 is 9.53 Å². The molecule has 3 rings (SSSR count). The molecule has 2 fully saturated rings. The van der Waals surface area contributed by atoms with Gasteiger partial charge in [0.1, 0.15) is 11.4 Å². The number of fused-ring (bicyclic) bond motifs is 1. The van der Waals surface area contributed by atoms with Gasteiger partial charge in [-0.05, 0) is 44.4 Å². The van der Waals surface area contributed by atoms with Crippen molar-refractivity contribution in [2.24, 2.45) is 0 Å². The van der Waals surface area contributed by atoms with E-state index >= 15 is 0 Å². The summed E-state index contributed by atoms with van der Waals surface area (Å²) in [6.07, 6.45) is 6.56. The number of hydrogen-bond acceptors (Lipinski definition) is 5. The van der Waals surface area contributed by atoms with Crippen LogP contribution in [0.1, 0.15) is 36.0 Å². The first kappa shape index (κ1) is 13.4. The SMILES string of the molecule is COC(=O)c1cccnc1NC1CCN2CCCC2C1. The van der Waals surface area contributed by atoms with Gasteiger partial charge in [-0.2, -0.15) is 0 Å². The van der Waals surface area contributed by atoms with Gasteiger partial charge in [0.05, 0.1) is 7.11 Å². The Balaban J connectivity index is 1.70. The average Bonchev–Trinajstić information content (AvgIpc) is 2.94. The Hall–Kier alpha value is -1.62. The fourth-order valence-electron chi connectivity index (χ4n) is 3.34. The van der Waals surface area contributed by atoms with Gasteiger partial charge in [-0.1, -0.05) is 0 Å². The quantitative estimate of drug-likeness (QED) is 0.854. The van der Waals surface area contributed by atoms with E-state index in [9.17, 15) is 4.79 Å². The molecule has 3 heterocycles. The number of methoxy groups -OCH3 is 1. The van der Waals surface area contributed by atoms with Crippen LogP contribution in [0.3, 0.4) is 0 Å². The highest BCUT2D eigenvalue weighted by molar-refractivity contribution is 5.94. The Bertz CT molecular complexity index is 492. The van der Waals surface area contributed by atoms with Crippen LogP contribution in [-0.4, -0.2) is 48.1 Å². The number of carbonyl (C=O) groups excluding carboxylic acids is 1. The highest BCUT2D eigenvalue weighted by Crippen LogP contribution is 2.28. The van der Waals surface area contributed by atoms with E-state index in [-0.39, 0.29) is 5.97 Å². The number of nitrogens with zero attached hydrogens (tertiary/aromatic N) is 2. The summed E-state index contributed by atoms with van der Waals surface area (Å²) in [5, 5.41) is 3.44. The van der Waals surface area contributed by atoms with Crippen molar-refractivity contribution in [2.45, 2.75) is 37.8 Å². The minimum Gasteiger partial charge on any atom is -0.465 e. The van der Waals surface area contributed by atoms with E-state index in [1.54, 1.807) is 18.3 Å². The van der Waals surface area contributed by atoms with E-state index in [0.717, 1.165) is 19.4 Å². The molecule has 1 aromatic rings. The second-order valence-corrected chi connectivity index (χ2v) is 5.59. The number of piperidine rings is 1. The first-order valence-electron chi connectivity index (χ1n) is 7.32. The minimum absolute atomic E-state index is 0.334. The lowest BCUT2D eigenvalue weighted by Gasteiger charge is -2.35. The largest absolute Gasteiger partial charge is 0.465 e. The molecule has 2 aliphatic rings. The minimum atomic E-state index is -0.334. The number of anilines is 1. The van der Waals surface area contributed by atoms with Gasteiger partial charge >= 0.3 is 5.97 Å². The van der Waals surface area contributed by atoms with E-state index in [0.29, 0.717) is 23.5 Å². The first-order valence-corrected chi connectivity index (χ1v) is 7.32. The summed E-state index contributed by atoms with van der Waals surface area (Å²) in [7, 11) is 1.40. The number of esters is 1. The van der Waals surface area contributed by atoms with Crippen LogP contribution in [0.4, 0.5) is 5.82 Å². The number of nitrogens with one attached hydrogen (secondary N) is 1. The Morgan fingerprint density at radius 3 is 3.20 bits per heavy atom. The summed E-state index contributed by atoms with van der Waals surface area (Å²) in [6, 6.07) is 4.61. The molecule has 20 heavy (non-hydrogen) atoms. The molecule has 0 aliphatic carbocycles. The van der Waals surface area contributed by atoms with Crippen LogP contribution < -0.4 is 5.32 Å². The normalized spacial score (nSPS) is 26.1. The zero-order valence-electron chi connectivity index (χ0n) is 11.8. The molecule has 5 heteroatoms. The van der Waals surface area contributed by atoms with Crippen molar-refractivity contribution in [2.75, 3.05) is 25.5 Å². The van der Waals surface area contributed by atoms with Crippen LogP contribution in [0.25, 0.3) is 0 Å². The van der Waals surface area contributed by atoms with Crippen molar-refractivity contribution in [3.05, 3.63) is 23.9 Å². The number of ether oxygens (including phenoxy) is 1. The molecule has 0 spiro atoms. The lowest BCUT2D eigenvalue weighted by Crippen LogP contribution is -2.43. The van der Waals surface area contributed by atoms with Crippen LogP contribution in [0.2, 0.25) is 0 Å². The Morgan fingerprint density at radius 2 is 2.35 bits per heavy atom. The van der Waals surface area contributed by atoms with Crippen LogP contribution >= 0.6 is 0 Å². The molecule has 2 saturated heterocycles. The van der Waals surface area contributed by atoms with Gasteiger partial charge in [-0.25, -0.2) is 9.78 Å². The summed E-state index contributed by atoms with van der Waals surface area (Å²) >= 11 is 0. The molecule has 5 nitrogen and oxygen atoms in total. The third-order valence-corrected chi connectivity index (χ3v) is 4.37. The number of rotatable bonds is 3. The Morgan fingerprint density at radius 1 is 1.45 bits per heavy atom. The number of aromatic nitrogens is 1. The lowest BCUT2D eigenvalue weighted by molar-refractivity contribution is 0.0601. The number of hydrogen-bond donors (Lipinski definition) is 1. The molecular formula is C15H21N3O2. The maximum absolute atomic E-state index is 11.7. The van der Waals surface area contributed by atoms with Crippen molar-refractivity contribution >= 4 is 11.8 Å². The van der Waals surface area contributed by atoms with Crippen molar-refractivity contribution in [3.63, 3.8) is 0 Å². The predicted octanol–water partition coefficient (Wildman–Crippen LogP) is 1.91. The predicted molar refractivity (Wildman–Crippen MR) is 76.8 cm³/mol. The van der Waals surface area contributed by atoms with Gasteiger partial charge < -0.3 is 15.0 Å². The van der Waals surface area contributed by atoms with E-state index < -0.39 is 0 Å². The maximum atomic E-state index is 11.7. The molecule has 1 aromatic heterocycles. The summed E-state index contributed by atoms with van der Waals surface area (Å²) in [5.74, 6) is 0.315. The highest BCUT2D eigenvalue weighted by Gasteiger charge is 2.32. The summed E-state index contributed by atoms with van der Waals surface area (Å²) in [4.78, 5) is 18.6. The lowest BCUT2D eigenvalue weighted by atomic mass is 9.97.